The van der Waals surface area contributed by atoms with Gasteiger partial charge in [-0.15, -0.1) is 0 Å². The monoisotopic (exact) mass is 307 g/mol. The van der Waals surface area contributed by atoms with Crippen LogP contribution in [0.1, 0.15) is 21.6 Å². The molecule has 1 aromatic heterocycles. The molecule has 1 N–H and O–H groups in total. The van der Waals surface area contributed by atoms with Crippen LogP contribution in [0.4, 0.5) is 0 Å². The van der Waals surface area contributed by atoms with Crippen molar-refractivity contribution < 1.29 is 4.79 Å². The number of alkyl halides is 1. The molecule has 0 aliphatic carbocycles. The van der Waals surface area contributed by atoms with Gasteiger partial charge in [-0.05, 0) is 17.2 Å². The number of carbonyl (C=O) groups is 1. The van der Waals surface area contributed by atoms with E-state index in [0.717, 1.165) is 10.9 Å². The van der Waals surface area contributed by atoms with Crippen LogP contribution in [0.5, 0.6) is 0 Å². The van der Waals surface area contributed by atoms with Crippen LogP contribution in [-0.2, 0) is 18.9 Å². The highest BCUT2D eigenvalue weighted by atomic mass is 79.9. The van der Waals surface area contributed by atoms with Crippen molar-refractivity contribution in [1.29, 1.82) is 0 Å². The number of halogens is 1. The molecule has 4 nitrogen and oxygen atoms in total. The fourth-order valence-corrected chi connectivity index (χ4v) is 2.04. The lowest BCUT2D eigenvalue weighted by Crippen LogP contribution is -2.25. The van der Waals surface area contributed by atoms with Crippen molar-refractivity contribution in [3.05, 3.63) is 53.3 Å². The zero-order valence-electron chi connectivity index (χ0n) is 10.1. The highest BCUT2D eigenvalue weighted by Crippen LogP contribution is 2.09. The molecule has 0 fully saturated rings. The fourth-order valence-electron chi connectivity index (χ4n) is 1.69. The lowest BCUT2D eigenvalue weighted by Gasteiger charge is -2.06. The second-order valence-corrected chi connectivity index (χ2v) is 4.54. The Bertz CT molecular complexity index is 551. The highest BCUT2D eigenvalue weighted by Gasteiger charge is 2.08. The largest absolute Gasteiger partial charge is 0.347 e. The number of nitrogens with one attached hydrogen (secondary N) is 1. The number of hydrogen-bond acceptors (Lipinski definition) is 2. The average molecular weight is 308 g/mol. The SMILES string of the molecule is Cn1nccc1C(=O)NCc1cccc(CBr)c1. The van der Waals surface area contributed by atoms with E-state index in [1.54, 1.807) is 24.0 Å². The summed E-state index contributed by atoms with van der Waals surface area (Å²) >= 11 is 3.41. The lowest BCUT2D eigenvalue weighted by atomic mass is 10.1. The summed E-state index contributed by atoms with van der Waals surface area (Å²) in [7, 11) is 1.75. The van der Waals surface area contributed by atoms with Gasteiger partial charge in [-0.2, -0.15) is 5.10 Å². The number of carbonyl (C=O) groups excluding carboxylic acids is 1. The molecule has 0 saturated carbocycles. The number of rotatable bonds is 4. The van der Waals surface area contributed by atoms with Crippen LogP contribution < -0.4 is 5.32 Å². The summed E-state index contributed by atoms with van der Waals surface area (Å²) < 4.78 is 1.56. The van der Waals surface area contributed by atoms with Crippen molar-refractivity contribution in [2.24, 2.45) is 7.05 Å². The molecular weight excluding hydrogens is 294 g/mol. The Labute approximate surface area is 114 Å². The third-order valence-corrected chi connectivity index (χ3v) is 3.30. The Hall–Kier alpha value is -1.62. The Morgan fingerprint density at radius 3 is 2.83 bits per heavy atom. The molecule has 0 aliphatic rings. The predicted octanol–water partition coefficient (Wildman–Crippen LogP) is 2.25. The van der Waals surface area contributed by atoms with Crippen molar-refractivity contribution in [1.82, 2.24) is 15.1 Å². The van der Waals surface area contributed by atoms with Gasteiger partial charge in [0.05, 0.1) is 0 Å². The number of benzene rings is 1. The van der Waals surface area contributed by atoms with Gasteiger partial charge in [0.1, 0.15) is 5.69 Å². The standard InChI is InChI=1S/C13H14BrN3O/c1-17-12(5-6-16-17)13(18)15-9-11-4-2-3-10(7-11)8-14/h2-7H,8-9H2,1H3,(H,15,18). The molecule has 0 unspecified atom stereocenters. The normalized spacial score (nSPS) is 10.3. The summed E-state index contributed by atoms with van der Waals surface area (Å²) in [6.07, 6.45) is 1.61. The van der Waals surface area contributed by atoms with Crippen LogP contribution in [0.15, 0.2) is 36.5 Å². The van der Waals surface area contributed by atoms with Crippen LogP contribution in [-0.4, -0.2) is 15.7 Å². The van der Waals surface area contributed by atoms with Crippen LogP contribution >= 0.6 is 15.9 Å². The quantitative estimate of drug-likeness (QED) is 0.881. The zero-order chi connectivity index (χ0) is 13.0. The van der Waals surface area contributed by atoms with Gasteiger partial charge >= 0.3 is 0 Å². The minimum atomic E-state index is -0.112. The van der Waals surface area contributed by atoms with Crippen LogP contribution in [0.3, 0.4) is 0 Å². The lowest BCUT2D eigenvalue weighted by molar-refractivity contribution is 0.0941. The molecule has 0 bridgehead atoms. The fraction of sp³-hybridized carbons (Fsp3) is 0.231. The number of aryl methyl sites for hydroxylation is 1. The Balaban J connectivity index is 1.99. The molecule has 0 spiro atoms. The van der Waals surface area contributed by atoms with E-state index in [-0.39, 0.29) is 5.91 Å². The first-order chi connectivity index (χ1) is 8.70. The molecule has 2 rings (SSSR count). The van der Waals surface area contributed by atoms with Gasteiger partial charge in [-0.1, -0.05) is 40.2 Å². The van der Waals surface area contributed by atoms with Crippen molar-refractivity contribution in [3.8, 4) is 0 Å². The third kappa shape index (κ3) is 2.98. The first-order valence-corrected chi connectivity index (χ1v) is 6.73. The molecule has 5 heteroatoms. The topological polar surface area (TPSA) is 46.9 Å². The van der Waals surface area contributed by atoms with Crippen molar-refractivity contribution in [2.45, 2.75) is 11.9 Å². The Morgan fingerprint density at radius 2 is 2.17 bits per heavy atom. The minimum absolute atomic E-state index is 0.112. The Kier molecular flexibility index (Phi) is 4.15. The molecular formula is C13H14BrN3O. The van der Waals surface area contributed by atoms with E-state index in [0.29, 0.717) is 12.2 Å². The Morgan fingerprint density at radius 1 is 1.39 bits per heavy atom. The van der Waals surface area contributed by atoms with Crippen molar-refractivity contribution in [3.63, 3.8) is 0 Å². The van der Waals surface area contributed by atoms with Gasteiger partial charge in [0.15, 0.2) is 0 Å². The number of aromatic nitrogens is 2. The number of hydrogen-bond donors (Lipinski definition) is 1. The second kappa shape index (κ2) is 5.82. The van der Waals surface area contributed by atoms with E-state index in [2.05, 4.69) is 32.4 Å². The van der Waals surface area contributed by atoms with Gasteiger partial charge in [0.2, 0.25) is 0 Å². The molecule has 0 aliphatic heterocycles. The summed E-state index contributed by atoms with van der Waals surface area (Å²) in [5.74, 6) is -0.112. The summed E-state index contributed by atoms with van der Waals surface area (Å²) in [5, 5.41) is 7.66. The second-order valence-electron chi connectivity index (χ2n) is 3.98. The van der Waals surface area contributed by atoms with Gasteiger partial charge in [0, 0.05) is 25.1 Å². The maximum absolute atomic E-state index is 11.9. The molecule has 2 aromatic rings. The summed E-state index contributed by atoms with van der Waals surface area (Å²) in [4.78, 5) is 11.9. The molecule has 0 saturated heterocycles. The average Bonchev–Trinajstić information content (AvgIpc) is 2.82. The van der Waals surface area contributed by atoms with Crippen LogP contribution in [0.2, 0.25) is 0 Å². The smallest absolute Gasteiger partial charge is 0.269 e. The van der Waals surface area contributed by atoms with Crippen molar-refractivity contribution in [2.75, 3.05) is 0 Å². The predicted molar refractivity (Wildman–Crippen MR) is 73.5 cm³/mol. The van der Waals surface area contributed by atoms with Gasteiger partial charge < -0.3 is 5.32 Å². The van der Waals surface area contributed by atoms with Crippen LogP contribution in [0, 0.1) is 0 Å². The molecule has 0 radical (unpaired) electrons. The third-order valence-electron chi connectivity index (χ3n) is 2.65. The maximum atomic E-state index is 11.9. The summed E-state index contributed by atoms with van der Waals surface area (Å²) in [6, 6.07) is 9.79. The molecule has 0 atom stereocenters. The number of nitrogens with zero attached hydrogens (tertiary/aromatic N) is 2. The zero-order valence-corrected chi connectivity index (χ0v) is 11.6. The molecule has 1 aromatic carbocycles. The van der Waals surface area contributed by atoms with E-state index in [4.69, 9.17) is 0 Å². The van der Waals surface area contributed by atoms with E-state index in [9.17, 15) is 4.79 Å². The van der Waals surface area contributed by atoms with E-state index < -0.39 is 0 Å². The van der Waals surface area contributed by atoms with Gasteiger partial charge in [-0.25, -0.2) is 0 Å². The van der Waals surface area contributed by atoms with E-state index in [1.165, 1.54) is 5.56 Å². The van der Waals surface area contributed by atoms with E-state index in [1.807, 2.05) is 18.2 Å². The van der Waals surface area contributed by atoms with Gasteiger partial charge in [0.25, 0.3) is 5.91 Å². The summed E-state index contributed by atoms with van der Waals surface area (Å²) in [5.41, 5.74) is 2.84. The highest BCUT2D eigenvalue weighted by molar-refractivity contribution is 9.08. The first-order valence-electron chi connectivity index (χ1n) is 5.60. The molecule has 18 heavy (non-hydrogen) atoms. The summed E-state index contributed by atoms with van der Waals surface area (Å²) in [6.45, 7) is 0.519. The molecule has 1 amide bonds. The molecule has 1 heterocycles. The number of amides is 1. The minimum Gasteiger partial charge on any atom is -0.347 e. The van der Waals surface area contributed by atoms with Gasteiger partial charge in [-0.3, -0.25) is 9.48 Å². The molecule has 94 valence electrons. The first kappa shape index (κ1) is 12.8. The van der Waals surface area contributed by atoms with Crippen LogP contribution in [0.25, 0.3) is 0 Å². The van der Waals surface area contributed by atoms with Crippen molar-refractivity contribution >= 4 is 21.8 Å². The van der Waals surface area contributed by atoms with E-state index >= 15 is 0 Å². The maximum Gasteiger partial charge on any atom is 0.269 e.